The first kappa shape index (κ1) is 27.5. The quantitative estimate of drug-likeness (QED) is 0.0984. The fraction of sp³-hybridized carbons (Fsp3) is 0.375. The second-order valence-corrected chi connectivity index (χ2v) is 11.6. The van der Waals surface area contributed by atoms with Crippen LogP contribution in [-0.2, 0) is 24.4 Å². The van der Waals surface area contributed by atoms with E-state index in [0.29, 0.717) is 29.5 Å². The number of halogens is 1. The van der Waals surface area contributed by atoms with E-state index in [4.69, 9.17) is 14.8 Å². The molecule has 0 saturated heterocycles. The predicted octanol–water partition coefficient (Wildman–Crippen LogP) is 4.70. The zero-order valence-electron chi connectivity index (χ0n) is 20.2. The van der Waals surface area contributed by atoms with E-state index in [1.54, 1.807) is 6.07 Å². The van der Waals surface area contributed by atoms with Crippen molar-refractivity contribution in [2.24, 2.45) is 5.84 Å². The summed E-state index contributed by atoms with van der Waals surface area (Å²) in [5.74, 6) is 4.85. The lowest BCUT2D eigenvalue weighted by molar-refractivity contribution is -0.154. The number of amides is 1. The summed E-state index contributed by atoms with van der Waals surface area (Å²) in [5, 5.41) is 1.22. The van der Waals surface area contributed by atoms with Gasteiger partial charge in [0, 0.05) is 18.9 Å². The van der Waals surface area contributed by atoms with Crippen molar-refractivity contribution in [3.8, 4) is 5.75 Å². The SMILES string of the molecule is CC(C)(C)OC(=O)CCCCCC(=O)N(N)c1nc2ccc(OS(=O)(=O)c3ccc(F)cc3)cc2s1. The Kier molecular flexibility index (Phi) is 8.64. The maximum Gasteiger partial charge on any atom is 0.339 e. The molecule has 9 nitrogen and oxygen atoms in total. The Morgan fingerprint density at radius 1 is 1.06 bits per heavy atom. The van der Waals surface area contributed by atoms with E-state index in [0.717, 1.165) is 40.6 Å². The van der Waals surface area contributed by atoms with Gasteiger partial charge in [-0.25, -0.2) is 20.2 Å². The highest BCUT2D eigenvalue weighted by Gasteiger charge is 2.20. The number of carbonyl (C=O) groups excluding carboxylic acids is 2. The van der Waals surface area contributed by atoms with Crippen LogP contribution in [0.1, 0.15) is 52.9 Å². The number of aromatic nitrogens is 1. The molecule has 0 spiro atoms. The molecule has 0 atom stereocenters. The number of ether oxygens (including phenoxy) is 1. The Balaban J connectivity index is 1.56. The normalized spacial score (nSPS) is 11.9. The van der Waals surface area contributed by atoms with Gasteiger partial charge >= 0.3 is 16.1 Å². The third-order valence-electron chi connectivity index (χ3n) is 4.82. The first-order chi connectivity index (χ1) is 16.8. The third kappa shape index (κ3) is 7.70. The summed E-state index contributed by atoms with van der Waals surface area (Å²) in [6.45, 7) is 5.43. The minimum Gasteiger partial charge on any atom is -0.460 e. The molecule has 2 N–H and O–H groups in total. The molecule has 0 radical (unpaired) electrons. The van der Waals surface area contributed by atoms with Gasteiger partial charge in [-0.2, -0.15) is 8.42 Å². The van der Waals surface area contributed by atoms with Gasteiger partial charge in [0.25, 0.3) is 0 Å². The summed E-state index contributed by atoms with van der Waals surface area (Å²) in [6, 6.07) is 8.76. The molecule has 194 valence electrons. The number of nitrogens with zero attached hydrogens (tertiary/aromatic N) is 2. The van der Waals surface area contributed by atoms with E-state index in [-0.39, 0.29) is 40.5 Å². The van der Waals surface area contributed by atoms with E-state index in [9.17, 15) is 22.4 Å². The summed E-state index contributed by atoms with van der Waals surface area (Å²) in [4.78, 5) is 28.4. The van der Waals surface area contributed by atoms with Crippen molar-refractivity contribution < 1.29 is 31.3 Å². The van der Waals surface area contributed by atoms with Crippen LogP contribution in [-0.4, -0.2) is 30.9 Å². The van der Waals surface area contributed by atoms with Crippen LogP contribution in [0.25, 0.3) is 10.2 Å². The fourth-order valence-corrected chi connectivity index (χ4v) is 5.02. The third-order valence-corrected chi connectivity index (χ3v) is 7.10. The van der Waals surface area contributed by atoms with Gasteiger partial charge in [-0.05, 0) is 70.0 Å². The van der Waals surface area contributed by atoms with Crippen LogP contribution in [0.4, 0.5) is 9.52 Å². The van der Waals surface area contributed by atoms with Gasteiger partial charge in [0.1, 0.15) is 22.1 Å². The number of esters is 1. The lowest BCUT2D eigenvalue weighted by Crippen LogP contribution is -2.37. The molecule has 0 unspecified atom stereocenters. The van der Waals surface area contributed by atoms with E-state index in [2.05, 4.69) is 4.98 Å². The van der Waals surface area contributed by atoms with Crippen molar-refractivity contribution in [2.45, 2.75) is 63.4 Å². The molecular weight excluding hydrogens is 509 g/mol. The number of hydrazine groups is 1. The second-order valence-electron chi connectivity index (χ2n) is 9.03. The van der Waals surface area contributed by atoms with Crippen molar-refractivity contribution >= 4 is 48.7 Å². The Bertz CT molecular complexity index is 1330. The van der Waals surface area contributed by atoms with Crippen LogP contribution in [0.3, 0.4) is 0 Å². The van der Waals surface area contributed by atoms with Gasteiger partial charge in [0.2, 0.25) is 11.0 Å². The van der Waals surface area contributed by atoms with E-state index in [1.807, 2.05) is 20.8 Å². The first-order valence-electron chi connectivity index (χ1n) is 11.2. The topological polar surface area (TPSA) is 129 Å². The molecule has 3 aromatic rings. The zero-order valence-corrected chi connectivity index (χ0v) is 21.8. The standard InChI is InChI=1S/C24H28FN3O6S2/c1-24(2,3)33-22(30)8-6-4-5-7-21(29)28(26)23-27-19-14-11-17(15-20(19)35-23)34-36(31,32)18-12-9-16(25)10-13-18/h9-15H,4-8,26H2,1-3H3. The van der Waals surface area contributed by atoms with Gasteiger partial charge in [-0.1, -0.05) is 17.8 Å². The number of unbranched alkanes of at least 4 members (excludes halogenated alkanes) is 2. The number of carbonyl (C=O) groups is 2. The lowest BCUT2D eigenvalue weighted by Gasteiger charge is -2.19. The smallest absolute Gasteiger partial charge is 0.339 e. The number of hydrogen-bond donors (Lipinski definition) is 1. The average molecular weight is 538 g/mol. The molecule has 0 fully saturated rings. The zero-order chi connectivity index (χ0) is 26.5. The molecule has 0 saturated carbocycles. The van der Waals surface area contributed by atoms with E-state index in [1.165, 1.54) is 12.1 Å². The molecule has 2 aromatic carbocycles. The van der Waals surface area contributed by atoms with Crippen LogP contribution in [0.15, 0.2) is 47.4 Å². The van der Waals surface area contributed by atoms with Gasteiger partial charge in [-0.15, -0.1) is 0 Å². The van der Waals surface area contributed by atoms with Crippen molar-refractivity contribution in [3.05, 3.63) is 48.3 Å². The molecule has 0 aliphatic carbocycles. The van der Waals surface area contributed by atoms with Crippen LogP contribution in [0.5, 0.6) is 5.75 Å². The molecule has 0 bridgehead atoms. The minimum absolute atomic E-state index is 0.0434. The molecule has 1 heterocycles. The number of benzene rings is 2. The number of hydrogen-bond acceptors (Lipinski definition) is 9. The van der Waals surface area contributed by atoms with Crippen LogP contribution in [0, 0.1) is 5.82 Å². The van der Waals surface area contributed by atoms with Gasteiger partial charge < -0.3 is 8.92 Å². The largest absolute Gasteiger partial charge is 0.460 e. The molecule has 0 aliphatic heterocycles. The fourth-order valence-electron chi connectivity index (χ4n) is 3.17. The number of anilines is 1. The van der Waals surface area contributed by atoms with Crippen molar-refractivity contribution in [3.63, 3.8) is 0 Å². The first-order valence-corrected chi connectivity index (χ1v) is 13.5. The van der Waals surface area contributed by atoms with Crippen LogP contribution < -0.4 is 15.0 Å². The molecule has 1 amide bonds. The Morgan fingerprint density at radius 3 is 2.39 bits per heavy atom. The highest BCUT2D eigenvalue weighted by Crippen LogP contribution is 2.32. The predicted molar refractivity (Wildman–Crippen MR) is 134 cm³/mol. The Morgan fingerprint density at radius 2 is 1.72 bits per heavy atom. The molecule has 12 heteroatoms. The number of fused-ring (bicyclic) bond motifs is 1. The summed E-state index contributed by atoms with van der Waals surface area (Å²) in [6.07, 6.45) is 2.31. The van der Waals surface area contributed by atoms with Crippen molar-refractivity contribution in [1.82, 2.24) is 4.98 Å². The molecule has 36 heavy (non-hydrogen) atoms. The molecular formula is C24H28FN3O6S2. The van der Waals surface area contributed by atoms with E-state index < -0.39 is 21.5 Å². The summed E-state index contributed by atoms with van der Waals surface area (Å²) in [7, 11) is -4.15. The van der Waals surface area contributed by atoms with Crippen LogP contribution >= 0.6 is 11.3 Å². The number of nitrogens with two attached hydrogens (primary N) is 1. The maximum absolute atomic E-state index is 13.1. The Hall–Kier alpha value is -3.09. The molecule has 3 rings (SSSR count). The molecule has 1 aromatic heterocycles. The average Bonchev–Trinajstić information content (AvgIpc) is 3.20. The second kappa shape index (κ2) is 11.3. The van der Waals surface area contributed by atoms with Gasteiger partial charge in [0.15, 0.2) is 0 Å². The van der Waals surface area contributed by atoms with E-state index >= 15 is 0 Å². The minimum atomic E-state index is -4.15. The number of thiazole rings is 1. The molecule has 0 aliphatic rings. The highest BCUT2D eigenvalue weighted by atomic mass is 32.2. The Labute approximate surface area is 213 Å². The van der Waals surface area contributed by atoms with Crippen LogP contribution in [0.2, 0.25) is 0 Å². The van der Waals surface area contributed by atoms with Gasteiger partial charge in [0.05, 0.1) is 10.2 Å². The summed E-state index contributed by atoms with van der Waals surface area (Å²) in [5.41, 5.74) is -0.00388. The lowest BCUT2D eigenvalue weighted by atomic mass is 10.1. The monoisotopic (exact) mass is 537 g/mol. The summed E-state index contributed by atoms with van der Waals surface area (Å²) >= 11 is 1.11. The van der Waals surface area contributed by atoms with Gasteiger partial charge in [-0.3, -0.25) is 9.59 Å². The highest BCUT2D eigenvalue weighted by molar-refractivity contribution is 7.87. The number of rotatable bonds is 10. The van der Waals surface area contributed by atoms with Crippen molar-refractivity contribution in [2.75, 3.05) is 5.01 Å². The maximum atomic E-state index is 13.1. The van der Waals surface area contributed by atoms with Crippen molar-refractivity contribution in [1.29, 1.82) is 0 Å². The summed E-state index contributed by atoms with van der Waals surface area (Å²) < 4.78 is 48.9.